The highest BCUT2D eigenvalue weighted by Gasteiger charge is 2.19. The number of aromatic nitrogens is 2. The van der Waals surface area contributed by atoms with Crippen LogP contribution in [0.25, 0.3) is 0 Å². The Labute approximate surface area is 117 Å². The van der Waals surface area contributed by atoms with E-state index in [-0.39, 0.29) is 0 Å². The van der Waals surface area contributed by atoms with Crippen LogP contribution >= 0.6 is 22.6 Å². The van der Waals surface area contributed by atoms with Crippen LogP contribution in [0.4, 0.5) is 0 Å². The van der Waals surface area contributed by atoms with Gasteiger partial charge in [-0.2, -0.15) is 5.10 Å². The predicted molar refractivity (Wildman–Crippen MR) is 77.0 cm³/mol. The first-order valence-corrected chi connectivity index (χ1v) is 7.63. The van der Waals surface area contributed by atoms with Gasteiger partial charge in [0, 0.05) is 6.20 Å². The van der Waals surface area contributed by atoms with Crippen LogP contribution in [-0.2, 0) is 11.3 Å². The molecular weight excluding hydrogens is 327 g/mol. The van der Waals surface area contributed by atoms with Gasteiger partial charge in [-0.15, -0.1) is 0 Å². The van der Waals surface area contributed by atoms with Crippen molar-refractivity contribution in [2.45, 2.75) is 64.7 Å². The summed E-state index contributed by atoms with van der Waals surface area (Å²) in [6.45, 7) is 4.90. The van der Waals surface area contributed by atoms with E-state index in [0.717, 1.165) is 12.1 Å². The molecule has 0 bridgehead atoms. The molecule has 1 saturated carbocycles. The minimum atomic E-state index is 0.322. The summed E-state index contributed by atoms with van der Waals surface area (Å²) in [6.07, 6.45) is 8.81. The number of hydrogen-bond acceptors (Lipinski definition) is 2. The van der Waals surface area contributed by atoms with Crippen molar-refractivity contribution in [1.29, 1.82) is 0 Å². The van der Waals surface area contributed by atoms with E-state index in [1.54, 1.807) is 0 Å². The van der Waals surface area contributed by atoms with E-state index in [4.69, 9.17) is 4.74 Å². The lowest BCUT2D eigenvalue weighted by atomic mass is 10.3. The van der Waals surface area contributed by atoms with Gasteiger partial charge in [0.15, 0.2) is 0 Å². The van der Waals surface area contributed by atoms with Gasteiger partial charge in [-0.1, -0.05) is 19.8 Å². The molecule has 0 unspecified atom stereocenters. The molecule has 1 aliphatic rings. The summed E-state index contributed by atoms with van der Waals surface area (Å²) in [5.74, 6) is 0. The Kier molecular flexibility index (Phi) is 4.85. The summed E-state index contributed by atoms with van der Waals surface area (Å²) in [7, 11) is 0. The zero-order valence-electron chi connectivity index (χ0n) is 10.7. The molecule has 0 spiro atoms. The highest BCUT2D eigenvalue weighted by molar-refractivity contribution is 14.1. The monoisotopic (exact) mass is 348 g/mol. The van der Waals surface area contributed by atoms with Gasteiger partial charge in [0.05, 0.1) is 22.3 Å². The maximum absolute atomic E-state index is 5.75. The van der Waals surface area contributed by atoms with Crippen LogP contribution < -0.4 is 0 Å². The number of hydrogen-bond donors (Lipinski definition) is 0. The van der Waals surface area contributed by atoms with Crippen molar-refractivity contribution in [2.24, 2.45) is 0 Å². The van der Waals surface area contributed by atoms with Crippen molar-refractivity contribution in [3.8, 4) is 0 Å². The lowest BCUT2D eigenvalue weighted by Crippen LogP contribution is -2.09. The molecule has 1 atom stereocenters. The Morgan fingerprint density at radius 2 is 2.24 bits per heavy atom. The third-order valence-corrected chi connectivity index (χ3v) is 4.44. The van der Waals surface area contributed by atoms with Crippen LogP contribution in [0.2, 0.25) is 0 Å². The zero-order valence-corrected chi connectivity index (χ0v) is 12.8. The van der Waals surface area contributed by atoms with Gasteiger partial charge in [0.25, 0.3) is 0 Å². The van der Waals surface area contributed by atoms with Crippen molar-refractivity contribution >= 4 is 22.6 Å². The van der Waals surface area contributed by atoms with E-state index >= 15 is 0 Å². The molecule has 1 heterocycles. The second-order valence-corrected chi connectivity index (χ2v) is 6.03. The maximum atomic E-state index is 5.75. The minimum Gasteiger partial charge on any atom is -0.372 e. The summed E-state index contributed by atoms with van der Waals surface area (Å²) in [6, 6.07) is 0.626. The lowest BCUT2D eigenvalue weighted by molar-refractivity contribution is 0.0481. The number of ether oxygens (including phenoxy) is 1. The topological polar surface area (TPSA) is 27.1 Å². The SMILES string of the molecule is CC[C@H](C)OCc1nn(C2CCCC2)cc1I. The highest BCUT2D eigenvalue weighted by Crippen LogP contribution is 2.29. The second kappa shape index (κ2) is 6.18. The van der Waals surface area contributed by atoms with Gasteiger partial charge >= 0.3 is 0 Å². The van der Waals surface area contributed by atoms with Crippen LogP contribution in [0.1, 0.15) is 57.7 Å². The predicted octanol–water partition coefficient (Wildman–Crippen LogP) is 3.92. The summed E-state index contributed by atoms with van der Waals surface area (Å²) in [4.78, 5) is 0. The third kappa shape index (κ3) is 3.44. The van der Waals surface area contributed by atoms with E-state index in [1.807, 2.05) is 0 Å². The Morgan fingerprint density at radius 1 is 1.53 bits per heavy atom. The highest BCUT2D eigenvalue weighted by atomic mass is 127. The molecule has 1 aromatic rings. The molecule has 3 nitrogen and oxygen atoms in total. The van der Waals surface area contributed by atoms with Crippen molar-refractivity contribution in [1.82, 2.24) is 9.78 Å². The summed E-state index contributed by atoms with van der Waals surface area (Å²) >= 11 is 2.36. The average molecular weight is 348 g/mol. The summed E-state index contributed by atoms with van der Waals surface area (Å²) in [5, 5.41) is 4.68. The molecule has 0 N–H and O–H groups in total. The summed E-state index contributed by atoms with van der Waals surface area (Å²) in [5.41, 5.74) is 1.10. The van der Waals surface area contributed by atoms with Crippen molar-refractivity contribution in [2.75, 3.05) is 0 Å². The number of halogens is 1. The standard InChI is InChI=1S/C13H21IN2O/c1-3-10(2)17-9-13-12(14)8-16(15-13)11-6-4-5-7-11/h8,10-11H,3-7,9H2,1-2H3/t10-/m0/s1. The molecule has 0 radical (unpaired) electrons. The first-order chi connectivity index (χ1) is 8.20. The third-order valence-electron chi connectivity index (χ3n) is 3.54. The largest absolute Gasteiger partial charge is 0.372 e. The first kappa shape index (κ1) is 13.3. The van der Waals surface area contributed by atoms with Crippen LogP contribution in [-0.4, -0.2) is 15.9 Å². The minimum absolute atomic E-state index is 0.322. The van der Waals surface area contributed by atoms with Gasteiger partial charge in [-0.05, 0) is 48.8 Å². The fraction of sp³-hybridized carbons (Fsp3) is 0.769. The first-order valence-electron chi connectivity index (χ1n) is 6.55. The Bertz CT molecular complexity index is 358. The van der Waals surface area contributed by atoms with Crippen LogP contribution in [0, 0.1) is 3.57 Å². The van der Waals surface area contributed by atoms with Gasteiger partial charge < -0.3 is 4.74 Å². The van der Waals surface area contributed by atoms with Crippen LogP contribution in [0.5, 0.6) is 0 Å². The average Bonchev–Trinajstić information content (AvgIpc) is 2.95. The fourth-order valence-corrected chi connectivity index (χ4v) is 2.75. The zero-order chi connectivity index (χ0) is 12.3. The quantitative estimate of drug-likeness (QED) is 0.755. The van der Waals surface area contributed by atoms with Gasteiger partial charge in [0.1, 0.15) is 5.69 Å². The molecule has 4 heteroatoms. The molecule has 0 amide bonds. The molecule has 0 saturated heterocycles. The van der Waals surface area contributed by atoms with E-state index in [1.165, 1.54) is 29.3 Å². The van der Waals surface area contributed by atoms with Crippen molar-refractivity contribution in [3.63, 3.8) is 0 Å². The molecule has 2 rings (SSSR count). The van der Waals surface area contributed by atoms with E-state index in [0.29, 0.717) is 18.8 Å². The Balaban J connectivity index is 1.97. The smallest absolute Gasteiger partial charge is 0.101 e. The van der Waals surface area contributed by atoms with Gasteiger partial charge in [-0.25, -0.2) is 0 Å². The Morgan fingerprint density at radius 3 is 2.88 bits per heavy atom. The fourth-order valence-electron chi connectivity index (χ4n) is 2.20. The molecule has 96 valence electrons. The molecule has 0 aliphatic heterocycles. The number of rotatable bonds is 5. The van der Waals surface area contributed by atoms with E-state index < -0.39 is 0 Å². The van der Waals surface area contributed by atoms with Gasteiger partial charge in [-0.3, -0.25) is 4.68 Å². The van der Waals surface area contributed by atoms with Crippen LogP contribution in [0.3, 0.4) is 0 Å². The summed E-state index contributed by atoms with van der Waals surface area (Å²) < 4.78 is 9.14. The van der Waals surface area contributed by atoms with Crippen LogP contribution in [0.15, 0.2) is 6.20 Å². The molecule has 0 aromatic carbocycles. The normalized spacial score (nSPS) is 18.8. The van der Waals surface area contributed by atoms with Gasteiger partial charge in [0.2, 0.25) is 0 Å². The molecule has 17 heavy (non-hydrogen) atoms. The molecular formula is C13H21IN2O. The Hall–Kier alpha value is -0.100. The van der Waals surface area contributed by atoms with Crippen molar-refractivity contribution < 1.29 is 4.74 Å². The van der Waals surface area contributed by atoms with E-state index in [9.17, 15) is 0 Å². The second-order valence-electron chi connectivity index (χ2n) is 4.87. The molecule has 1 aliphatic carbocycles. The lowest BCUT2D eigenvalue weighted by Gasteiger charge is -2.10. The molecule has 1 fully saturated rings. The van der Waals surface area contributed by atoms with Crippen molar-refractivity contribution in [3.05, 3.63) is 15.5 Å². The molecule has 1 aromatic heterocycles. The van der Waals surface area contributed by atoms with E-state index in [2.05, 4.69) is 52.4 Å². The maximum Gasteiger partial charge on any atom is 0.101 e. The number of nitrogens with zero attached hydrogens (tertiary/aromatic N) is 2.